The molecule has 4 nitrogen and oxygen atoms in total. The second-order valence-corrected chi connectivity index (χ2v) is 11.5. The fourth-order valence-corrected chi connectivity index (χ4v) is 7.77. The zero-order valence-corrected chi connectivity index (χ0v) is 20.3. The van der Waals surface area contributed by atoms with Crippen LogP contribution in [0.5, 0.6) is 0 Å². The Morgan fingerprint density at radius 2 is 1.80 bits per heavy atom. The maximum Gasteiger partial charge on any atom is 0.160 e. The first-order valence-corrected chi connectivity index (χ1v) is 13.0. The molecule has 0 bridgehead atoms. The van der Waals surface area contributed by atoms with Gasteiger partial charge in [-0.2, -0.15) is 5.10 Å². The number of ether oxygens (including phenoxy) is 1. The summed E-state index contributed by atoms with van der Waals surface area (Å²) in [6.45, 7) is 6.01. The number of benzene rings is 2. The van der Waals surface area contributed by atoms with Crippen LogP contribution in [0.3, 0.4) is 0 Å². The Bertz CT molecular complexity index is 1450. The van der Waals surface area contributed by atoms with Gasteiger partial charge in [0.25, 0.3) is 0 Å². The van der Waals surface area contributed by atoms with Gasteiger partial charge < -0.3 is 9.30 Å². The molecule has 0 amide bonds. The number of nitrogens with one attached hydrogen (secondary N) is 1. The first-order valence-electron chi connectivity index (χ1n) is 13.0. The standard InChI is InChI=1S/C29H31F2N3O/c1-16-11-29(12-16)13-20(14-29)26-25-17(2)27-19(15-32-33-27)9-24(25)34(21-3-4-22(30)23(31)10-21)28(26)18-5-7-35-8-6-18/h3-4,9-10,15-16,18,20H,5-8,11-14H2,1-2H3,(H,32,33). The van der Waals surface area contributed by atoms with E-state index in [4.69, 9.17) is 4.74 Å². The number of rotatable bonds is 3. The van der Waals surface area contributed by atoms with Crippen molar-refractivity contribution in [3.8, 4) is 5.69 Å². The maximum absolute atomic E-state index is 14.5. The normalized spacial score (nSPS) is 27.0. The summed E-state index contributed by atoms with van der Waals surface area (Å²) in [6, 6.07) is 6.50. The van der Waals surface area contributed by atoms with Crippen LogP contribution >= 0.6 is 0 Å². The zero-order chi connectivity index (χ0) is 23.9. The van der Waals surface area contributed by atoms with Crippen LogP contribution in [0.4, 0.5) is 8.78 Å². The van der Waals surface area contributed by atoms with Crippen molar-refractivity contribution >= 4 is 21.8 Å². The van der Waals surface area contributed by atoms with Crippen molar-refractivity contribution in [1.82, 2.24) is 14.8 Å². The Labute approximate surface area is 203 Å². The van der Waals surface area contributed by atoms with E-state index >= 15 is 0 Å². The van der Waals surface area contributed by atoms with Crippen molar-refractivity contribution in [3.63, 3.8) is 0 Å². The summed E-state index contributed by atoms with van der Waals surface area (Å²) < 4.78 is 36.5. The average molecular weight is 476 g/mol. The van der Waals surface area contributed by atoms with Gasteiger partial charge in [-0.3, -0.25) is 5.10 Å². The number of fused-ring (bicyclic) bond motifs is 2. The second kappa shape index (κ2) is 7.63. The predicted octanol–water partition coefficient (Wildman–Crippen LogP) is 7.28. The monoisotopic (exact) mass is 475 g/mol. The SMILES string of the molecule is Cc1c2[nH]ncc2cc2c1c(C1CC3(CC(C)C3)C1)c(C1CCOCC1)n2-c1ccc(F)c(F)c1. The summed E-state index contributed by atoms with van der Waals surface area (Å²) in [4.78, 5) is 0. The van der Waals surface area contributed by atoms with E-state index in [0.29, 0.717) is 22.9 Å². The minimum absolute atomic E-state index is 0.326. The fourth-order valence-electron chi connectivity index (χ4n) is 7.77. The lowest BCUT2D eigenvalue weighted by atomic mass is 9.47. The molecule has 6 heteroatoms. The number of halogens is 2. The lowest BCUT2D eigenvalue weighted by Gasteiger charge is -2.57. The van der Waals surface area contributed by atoms with Gasteiger partial charge in [0, 0.05) is 47.4 Å². The van der Waals surface area contributed by atoms with Gasteiger partial charge in [0.1, 0.15) is 0 Å². The highest BCUT2D eigenvalue weighted by atomic mass is 19.2. The quantitative estimate of drug-likeness (QED) is 0.338. The van der Waals surface area contributed by atoms with Crippen LogP contribution in [0.15, 0.2) is 30.5 Å². The van der Waals surface area contributed by atoms with E-state index in [9.17, 15) is 8.78 Å². The third-order valence-corrected chi connectivity index (χ3v) is 9.09. The van der Waals surface area contributed by atoms with Crippen LogP contribution in [-0.2, 0) is 4.74 Å². The molecular weight excluding hydrogens is 444 g/mol. The lowest BCUT2D eigenvalue weighted by molar-refractivity contribution is -0.0342. The Hall–Kier alpha value is -2.73. The van der Waals surface area contributed by atoms with Gasteiger partial charge in [0.15, 0.2) is 11.6 Å². The van der Waals surface area contributed by atoms with Gasteiger partial charge in [0.05, 0.1) is 17.2 Å². The summed E-state index contributed by atoms with van der Waals surface area (Å²) in [5.74, 6) is 0.0312. The van der Waals surface area contributed by atoms with Crippen LogP contribution in [0.25, 0.3) is 27.5 Å². The molecule has 2 aromatic heterocycles. The topological polar surface area (TPSA) is 42.8 Å². The third kappa shape index (κ3) is 3.15. The van der Waals surface area contributed by atoms with Crippen LogP contribution in [0, 0.1) is 29.9 Å². The maximum atomic E-state index is 14.5. The molecule has 0 radical (unpaired) electrons. The molecule has 3 aliphatic rings. The zero-order valence-electron chi connectivity index (χ0n) is 20.3. The summed E-state index contributed by atoms with van der Waals surface area (Å²) in [6.07, 6.45) is 8.87. The molecule has 1 spiro atoms. The van der Waals surface area contributed by atoms with Crippen molar-refractivity contribution in [2.45, 2.75) is 64.2 Å². The van der Waals surface area contributed by atoms with Crippen molar-refractivity contribution in [3.05, 3.63) is 58.9 Å². The Morgan fingerprint density at radius 1 is 1.03 bits per heavy atom. The summed E-state index contributed by atoms with van der Waals surface area (Å²) in [5.41, 5.74) is 7.24. The second-order valence-electron chi connectivity index (χ2n) is 11.5. The molecule has 3 fully saturated rings. The van der Waals surface area contributed by atoms with Gasteiger partial charge >= 0.3 is 0 Å². The number of nitrogens with zero attached hydrogens (tertiary/aromatic N) is 2. The molecular formula is C29H31F2N3O. The molecule has 1 N–H and O–H groups in total. The van der Waals surface area contributed by atoms with Crippen molar-refractivity contribution in [2.24, 2.45) is 11.3 Å². The van der Waals surface area contributed by atoms with Crippen LogP contribution in [0.2, 0.25) is 0 Å². The van der Waals surface area contributed by atoms with Gasteiger partial charge in [-0.15, -0.1) is 0 Å². The van der Waals surface area contributed by atoms with E-state index in [0.717, 1.165) is 48.4 Å². The largest absolute Gasteiger partial charge is 0.381 e. The van der Waals surface area contributed by atoms with E-state index in [-0.39, 0.29) is 0 Å². The molecule has 0 unspecified atom stereocenters. The van der Waals surface area contributed by atoms with E-state index in [1.165, 1.54) is 60.0 Å². The van der Waals surface area contributed by atoms with Crippen molar-refractivity contribution < 1.29 is 13.5 Å². The summed E-state index contributed by atoms with van der Waals surface area (Å²) in [7, 11) is 0. The highest BCUT2D eigenvalue weighted by Crippen LogP contribution is 2.65. The molecule has 0 atom stereocenters. The smallest absolute Gasteiger partial charge is 0.160 e. The Balaban J connectivity index is 1.52. The molecule has 3 heterocycles. The average Bonchev–Trinajstić information content (AvgIpc) is 3.41. The summed E-state index contributed by atoms with van der Waals surface area (Å²) in [5, 5.41) is 9.81. The van der Waals surface area contributed by atoms with Gasteiger partial charge in [0.2, 0.25) is 0 Å². The van der Waals surface area contributed by atoms with E-state index in [1.807, 2.05) is 6.20 Å². The Kier molecular flexibility index (Phi) is 4.70. The van der Waals surface area contributed by atoms with Crippen LogP contribution in [-0.4, -0.2) is 28.0 Å². The molecule has 1 aliphatic heterocycles. The fraction of sp³-hybridized carbons (Fsp3) is 0.483. The van der Waals surface area contributed by atoms with E-state index in [2.05, 4.69) is 34.7 Å². The highest BCUT2D eigenvalue weighted by Gasteiger charge is 2.53. The molecule has 35 heavy (non-hydrogen) atoms. The first kappa shape index (κ1) is 21.5. The van der Waals surface area contributed by atoms with Crippen LogP contribution in [0.1, 0.15) is 74.1 Å². The van der Waals surface area contributed by atoms with Gasteiger partial charge in [-0.25, -0.2) is 8.78 Å². The molecule has 182 valence electrons. The third-order valence-electron chi connectivity index (χ3n) is 9.09. The highest BCUT2D eigenvalue weighted by molar-refractivity contribution is 6.02. The van der Waals surface area contributed by atoms with Crippen molar-refractivity contribution in [1.29, 1.82) is 0 Å². The van der Waals surface area contributed by atoms with Crippen molar-refractivity contribution in [2.75, 3.05) is 13.2 Å². The van der Waals surface area contributed by atoms with Gasteiger partial charge in [-0.05, 0) is 92.0 Å². The molecule has 2 saturated carbocycles. The lowest BCUT2D eigenvalue weighted by Crippen LogP contribution is -2.45. The minimum atomic E-state index is -0.813. The summed E-state index contributed by atoms with van der Waals surface area (Å²) >= 11 is 0. The number of hydrogen-bond acceptors (Lipinski definition) is 2. The Morgan fingerprint density at radius 3 is 2.51 bits per heavy atom. The molecule has 7 rings (SSSR count). The van der Waals surface area contributed by atoms with E-state index in [1.54, 1.807) is 6.07 Å². The van der Waals surface area contributed by atoms with E-state index < -0.39 is 11.6 Å². The predicted molar refractivity (Wildman–Crippen MR) is 133 cm³/mol. The molecule has 1 saturated heterocycles. The van der Waals surface area contributed by atoms with Gasteiger partial charge in [-0.1, -0.05) is 6.92 Å². The molecule has 2 aliphatic carbocycles. The number of aromatic nitrogens is 3. The number of aryl methyl sites for hydroxylation is 1. The van der Waals surface area contributed by atoms with Crippen LogP contribution < -0.4 is 0 Å². The molecule has 4 aromatic rings. The number of hydrogen-bond donors (Lipinski definition) is 1. The molecule has 2 aromatic carbocycles. The minimum Gasteiger partial charge on any atom is -0.381 e. The number of H-pyrrole nitrogens is 1. The number of aromatic amines is 1. The first-order chi connectivity index (χ1) is 16.9.